The highest BCUT2D eigenvalue weighted by Crippen LogP contribution is 2.31. The average molecular weight is 156 g/mol. The van der Waals surface area contributed by atoms with Crippen molar-refractivity contribution < 1.29 is 9.90 Å². The second kappa shape index (κ2) is 3.35. The van der Waals surface area contributed by atoms with E-state index in [-0.39, 0.29) is 6.10 Å². The minimum absolute atomic E-state index is 0.256. The number of ketones is 1. The van der Waals surface area contributed by atoms with Crippen LogP contribution in [0.4, 0.5) is 0 Å². The first-order valence-electron chi connectivity index (χ1n) is 4.29. The Hall–Kier alpha value is -0.370. The van der Waals surface area contributed by atoms with E-state index in [0.29, 0.717) is 24.0 Å². The molecular weight excluding hydrogens is 140 g/mol. The summed E-state index contributed by atoms with van der Waals surface area (Å²) in [5.74, 6) is 1.28. The Balaban J connectivity index is 2.40. The minimum Gasteiger partial charge on any atom is -0.393 e. The van der Waals surface area contributed by atoms with Crippen molar-refractivity contribution in [2.24, 2.45) is 11.8 Å². The van der Waals surface area contributed by atoms with E-state index < -0.39 is 0 Å². The molecule has 0 aromatic rings. The summed E-state index contributed by atoms with van der Waals surface area (Å²) in [5.41, 5.74) is 0. The van der Waals surface area contributed by atoms with Gasteiger partial charge in [-0.1, -0.05) is 6.92 Å². The van der Waals surface area contributed by atoms with Gasteiger partial charge >= 0.3 is 0 Å². The van der Waals surface area contributed by atoms with E-state index in [1.54, 1.807) is 6.92 Å². The summed E-state index contributed by atoms with van der Waals surface area (Å²) in [6.45, 7) is 3.88. The Morgan fingerprint density at radius 3 is 2.64 bits per heavy atom. The third kappa shape index (κ3) is 2.29. The Morgan fingerprint density at radius 1 is 1.64 bits per heavy atom. The predicted molar refractivity (Wildman–Crippen MR) is 43.2 cm³/mol. The molecule has 2 heteroatoms. The van der Waals surface area contributed by atoms with E-state index in [0.717, 1.165) is 12.8 Å². The van der Waals surface area contributed by atoms with Crippen LogP contribution in [-0.2, 0) is 4.79 Å². The molecule has 0 aliphatic heterocycles. The monoisotopic (exact) mass is 156 g/mol. The summed E-state index contributed by atoms with van der Waals surface area (Å²) in [6, 6.07) is 0. The van der Waals surface area contributed by atoms with Crippen LogP contribution in [0.2, 0.25) is 0 Å². The molecule has 0 aromatic carbocycles. The van der Waals surface area contributed by atoms with Gasteiger partial charge in [0.1, 0.15) is 5.78 Å². The lowest BCUT2D eigenvalue weighted by Gasteiger charge is -2.15. The van der Waals surface area contributed by atoms with Crippen LogP contribution in [-0.4, -0.2) is 17.0 Å². The molecule has 0 spiro atoms. The van der Waals surface area contributed by atoms with Gasteiger partial charge in [-0.2, -0.15) is 0 Å². The Bertz CT molecular complexity index is 152. The van der Waals surface area contributed by atoms with Crippen LogP contribution in [0, 0.1) is 11.8 Å². The van der Waals surface area contributed by atoms with E-state index >= 15 is 0 Å². The molecule has 1 fully saturated rings. The zero-order valence-corrected chi connectivity index (χ0v) is 7.21. The first-order valence-corrected chi connectivity index (χ1v) is 4.29. The zero-order chi connectivity index (χ0) is 8.43. The lowest BCUT2D eigenvalue weighted by molar-refractivity contribution is -0.117. The highest BCUT2D eigenvalue weighted by molar-refractivity contribution is 5.81. The van der Waals surface area contributed by atoms with Crippen molar-refractivity contribution in [3.63, 3.8) is 0 Å². The molecule has 3 atom stereocenters. The average Bonchev–Trinajstić information content (AvgIpc) is 2.09. The molecule has 0 aromatic heterocycles. The molecular formula is C9H16O2. The third-order valence-electron chi connectivity index (χ3n) is 2.49. The van der Waals surface area contributed by atoms with Crippen LogP contribution in [0.25, 0.3) is 0 Å². The van der Waals surface area contributed by atoms with Crippen LogP contribution in [0.1, 0.15) is 33.1 Å². The molecule has 1 N–H and O–H groups in total. The first kappa shape index (κ1) is 8.72. The van der Waals surface area contributed by atoms with Gasteiger partial charge in [0.2, 0.25) is 0 Å². The fourth-order valence-corrected chi connectivity index (χ4v) is 1.86. The Kier molecular flexibility index (Phi) is 2.66. The Labute approximate surface area is 67.6 Å². The third-order valence-corrected chi connectivity index (χ3v) is 2.49. The van der Waals surface area contributed by atoms with E-state index in [9.17, 15) is 4.79 Å². The molecule has 0 heterocycles. The number of hydrogen-bond acceptors (Lipinski definition) is 2. The van der Waals surface area contributed by atoms with E-state index in [1.807, 2.05) is 0 Å². The van der Waals surface area contributed by atoms with Crippen molar-refractivity contribution in [2.75, 3.05) is 0 Å². The number of Topliss-reactive ketones (excluding diaryl/α,β-unsaturated/α-hetero) is 1. The Morgan fingerprint density at radius 2 is 2.27 bits per heavy atom. The highest BCUT2D eigenvalue weighted by Gasteiger charge is 2.29. The van der Waals surface area contributed by atoms with Crippen molar-refractivity contribution >= 4 is 5.78 Å². The van der Waals surface area contributed by atoms with Gasteiger partial charge in [0, 0.05) is 12.8 Å². The summed E-state index contributed by atoms with van der Waals surface area (Å²) in [4.78, 5) is 11.0. The van der Waals surface area contributed by atoms with Gasteiger partial charge < -0.3 is 5.11 Å². The molecule has 11 heavy (non-hydrogen) atoms. The molecule has 3 unspecified atom stereocenters. The van der Waals surface area contributed by atoms with E-state index in [1.165, 1.54) is 0 Å². The second-order valence-corrected chi connectivity index (χ2v) is 3.77. The summed E-state index contributed by atoms with van der Waals surface area (Å²) in [7, 11) is 0. The molecule has 1 saturated carbocycles. The van der Waals surface area contributed by atoms with Crippen molar-refractivity contribution in [2.45, 2.75) is 39.2 Å². The number of carbonyl (C=O) groups excluding carboxylic acids is 1. The molecule has 0 saturated heterocycles. The quantitative estimate of drug-likeness (QED) is 0.655. The van der Waals surface area contributed by atoms with E-state index in [4.69, 9.17) is 5.11 Å². The van der Waals surface area contributed by atoms with Gasteiger partial charge in [-0.15, -0.1) is 0 Å². The maximum Gasteiger partial charge on any atom is 0.133 e. The number of hydrogen-bond donors (Lipinski definition) is 1. The highest BCUT2D eigenvalue weighted by atomic mass is 16.3. The van der Waals surface area contributed by atoms with Crippen LogP contribution in [0.5, 0.6) is 0 Å². The van der Waals surface area contributed by atoms with E-state index in [2.05, 4.69) is 6.92 Å². The number of aliphatic hydroxyl groups excluding tert-OH is 1. The van der Waals surface area contributed by atoms with Crippen LogP contribution >= 0.6 is 0 Å². The van der Waals surface area contributed by atoms with Gasteiger partial charge in [-0.05, 0) is 25.2 Å². The molecule has 64 valence electrons. The molecule has 1 aliphatic rings. The van der Waals surface area contributed by atoms with Gasteiger partial charge in [0.15, 0.2) is 0 Å². The maximum atomic E-state index is 11.0. The summed E-state index contributed by atoms with van der Waals surface area (Å²) in [6.07, 6.45) is 1.93. The standard InChI is InChI=1S/C9H16O2/c1-6-3-9(11)5-8(6)4-7(2)10/h6-8,10H,3-5H2,1-2H3. The first-order chi connectivity index (χ1) is 5.09. The van der Waals surface area contributed by atoms with Gasteiger partial charge in [-0.25, -0.2) is 0 Å². The minimum atomic E-state index is -0.256. The fraction of sp³-hybridized carbons (Fsp3) is 0.889. The fourth-order valence-electron chi connectivity index (χ4n) is 1.86. The smallest absolute Gasteiger partial charge is 0.133 e. The molecule has 0 radical (unpaired) electrons. The molecule has 0 bridgehead atoms. The molecule has 1 rings (SSSR count). The van der Waals surface area contributed by atoms with Crippen molar-refractivity contribution in [1.29, 1.82) is 0 Å². The molecule has 1 aliphatic carbocycles. The van der Waals surface area contributed by atoms with Crippen LogP contribution < -0.4 is 0 Å². The van der Waals surface area contributed by atoms with Gasteiger partial charge in [0.05, 0.1) is 6.10 Å². The number of carbonyl (C=O) groups is 1. The summed E-state index contributed by atoms with van der Waals surface area (Å²) >= 11 is 0. The maximum absolute atomic E-state index is 11.0. The predicted octanol–water partition coefficient (Wildman–Crippen LogP) is 1.37. The topological polar surface area (TPSA) is 37.3 Å². The zero-order valence-electron chi connectivity index (χ0n) is 7.21. The number of rotatable bonds is 2. The summed E-state index contributed by atoms with van der Waals surface area (Å²) in [5, 5.41) is 9.11. The molecule has 0 amide bonds. The van der Waals surface area contributed by atoms with Gasteiger partial charge in [-0.3, -0.25) is 4.79 Å². The van der Waals surface area contributed by atoms with Crippen LogP contribution in [0.3, 0.4) is 0 Å². The second-order valence-electron chi connectivity index (χ2n) is 3.77. The van der Waals surface area contributed by atoms with Crippen molar-refractivity contribution in [3.05, 3.63) is 0 Å². The van der Waals surface area contributed by atoms with Crippen LogP contribution in [0.15, 0.2) is 0 Å². The van der Waals surface area contributed by atoms with Gasteiger partial charge in [0.25, 0.3) is 0 Å². The lowest BCUT2D eigenvalue weighted by atomic mass is 9.93. The number of aliphatic hydroxyl groups is 1. The largest absolute Gasteiger partial charge is 0.393 e. The molecule has 2 nitrogen and oxygen atoms in total. The summed E-state index contributed by atoms with van der Waals surface area (Å²) < 4.78 is 0. The lowest BCUT2D eigenvalue weighted by Crippen LogP contribution is -2.12. The SMILES string of the molecule is CC(O)CC1CC(=O)CC1C. The van der Waals surface area contributed by atoms with Crippen molar-refractivity contribution in [1.82, 2.24) is 0 Å². The normalized spacial score (nSPS) is 34.3. The van der Waals surface area contributed by atoms with Crippen molar-refractivity contribution in [3.8, 4) is 0 Å².